The molecule has 1 fully saturated rings. The van der Waals surface area contributed by atoms with Crippen molar-refractivity contribution in [3.8, 4) is 0 Å². The van der Waals surface area contributed by atoms with Gasteiger partial charge in [0.15, 0.2) is 0 Å². The van der Waals surface area contributed by atoms with Gasteiger partial charge < -0.3 is 5.32 Å². The molecule has 0 radical (unpaired) electrons. The van der Waals surface area contributed by atoms with Crippen LogP contribution in [0.15, 0.2) is 24.3 Å². The molecule has 0 saturated carbocycles. The topological polar surface area (TPSA) is 44.4 Å². The normalized spacial score (nSPS) is 18.0. The van der Waals surface area contributed by atoms with Crippen LogP contribution in [0.25, 0.3) is 0 Å². The molecule has 0 aliphatic carbocycles. The summed E-state index contributed by atoms with van der Waals surface area (Å²) in [7, 11) is 0. The summed E-state index contributed by atoms with van der Waals surface area (Å²) in [4.78, 5) is 11.1. The molecule has 1 aliphatic heterocycles. The Bertz CT molecular complexity index is 427. The van der Waals surface area contributed by atoms with Crippen molar-refractivity contribution < 1.29 is 4.79 Å². The Balaban J connectivity index is 1.97. The molecule has 2 N–H and O–H groups in total. The second kappa shape index (κ2) is 6.68. The minimum atomic E-state index is -0.0335. The predicted octanol–water partition coefficient (Wildman–Crippen LogP) is 2.70. The number of carbonyl (C=O) groups excluding carboxylic acids is 1. The zero-order valence-corrected chi connectivity index (χ0v) is 11.8. The molecule has 1 aromatic rings. The molecule has 1 amide bonds. The summed E-state index contributed by atoms with van der Waals surface area (Å²) in [5.74, 6) is -0.0335. The van der Waals surface area contributed by atoms with Crippen molar-refractivity contribution in [1.29, 1.82) is 0 Å². The third-order valence-corrected chi connectivity index (χ3v) is 3.44. The Morgan fingerprint density at radius 2 is 2.00 bits per heavy atom. The average Bonchev–Trinajstić information content (AvgIpc) is 2.39. The molecule has 1 atom stereocenters. The van der Waals surface area contributed by atoms with Crippen LogP contribution in [0.1, 0.15) is 44.7 Å². The fourth-order valence-corrected chi connectivity index (χ4v) is 2.46. The maximum Gasteiger partial charge on any atom is 0.221 e. The number of piperidine rings is 1. The van der Waals surface area contributed by atoms with Gasteiger partial charge in [-0.2, -0.15) is 0 Å². The number of carbonyl (C=O) groups is 1. The van der Waals surface area contributed by atoms with E-state index in [0.29, 0.717) is 0 Å². The molecule has 4 heteroatoms. The fraction of sp³-hybridized carbons (Fsp3) is 0.533. The minimum Gasteiger partial charge on any atom is -0.326 e. The Morgan fingerprint density at radius 3 is 2.68 bits per heavy atom. The van der Waals surface area contributed by atoms with Gasteiger partial charge in [0.25, 0.3) is 0 Å². The first-order valence-electron chi connectivity index (χ1n) is 7.04. The van der Waals surface area contributed by atoms with E-state index in [-0.39, 0.29) is 11.9 Å². The summed E-state index contributed by atoms with van der Waals surface area (Å²) in [6.45, 7) is 5.93. The summed E-state index contributed by atoms with van der Waals surface area (Å²) in [6, 6.07) is 8.27. The zero-order valence-electron chi connectivity index (χ0n) is 11.8. The van der Waals surface area contributed by atoms with Crippen molar-refractivity contribution in [3.05, 3.63) is 29.8 Å². The lowest BCUT2D eigenvalue weighted by Gasteiger charge is -2.30. The molecule has 2 rings (SSSR count). The molecule has 0 spiro atoms. The molecule has 104 valence electrons. The Labute approximate surface area is 115 Å². The van der Waals surface area contributed by atoms with Crippen LogP contribution in [0.5, 0.6) is 0 Å². The molecular formula is C15H23N3O. The van der Waals surface area contributed by atoms with E-state index in [2.05, 4.69) is 28.7 Å². The van der Waals surface area contributed by atoms with Gasteiger partial charge in [-0.15, -0.1) is 0 Å². The minimum absolute atomic E-state index is 0.0335. The van der Waals surface area contributed by atoms with E-state index in [1.165, 1.54) is 31.7 Å². The van der Waals surface area contributed by atoms with E-state index in [9.17, 15) is 4.79 Å². The lowest BCUT2D eigenvalue weighted by atomic mass is 10.1. The highest BCUT2D eigenvalue weighted by atomic mass is 16.1. The van der Waals surface area contributed by atoms with E-state index in [0.717, 1.165) is 18.8 Å². The number of benzene rings is 1. The van der Waals surface area contributed by atoms with Crippen molar-refractivity contribution in [3.63, 3.8) is 0 Å². The van der Waals surface area contributed by atoms with Gasteiger partial charge in [0, 0.05) is 31.7 Å². The van der Waals surface area contributed by atoms with Gasteiger partial charge in [0.05, 0.1) is 0 Å². The number of rotatable bonds is 4. The standard InChI is InChI=1S/C15H23N3O/c1-12(17-18-9-4-3-5-10-18)14-7-6-8-15(11-14)16-13(2)19/h6-8,11-12,17H,3-5,9-10H2,1-2H3,(H,16,19). The van der Waals surface area contributed by atoms with Crippen molar-refractivity contribution in [1.82, 2.24) is 10.4 Å². The Kier molecular flexibility index (Phi) is 4.93. The number of nitrogens with one attached hydrogen (secondary N) is 2. The summed E-state index contributed by atoms with van der Waals surface area (Å²) in [6.07, 6.45) is 3.88. The number of amides is 1. The predicted molar refractivity (Wildman–Crippen MR) is 77.7 cm³/mol. The van der Waals surface area contributed by atoms with Crippen LogP contribution in [0.3, 0.4) is 0 Å². The van der Waals surface area contributed by atoms with E-state index >= 15 is 0 Å². The van der Waals surface area contributed by atoms with Crippen LogP contribution in [0.4, 0.5) is 5.69 Å². The lowest BCUT2D eigenvalue weighted by Crippen LogP contribution is -2.42. The smallest absolute Gasteiger partial charge is 0.221 e. The highest BCUT2D eigenvalue weighted by molar-refractivity contribution is 5.88. The van der Waals surface area contributed by atoms with Crippen molar-refractivity contribution in [2.24, 2.45) is 0 Å². The molecular weight excluding hydrogens is 238 g/mol. The van der Waals surface area contributed by atoms with Gasteiger partial charge in [-0.05, 0) is 37.5 Å². The van der Waals surface area contributed by atoms with Gasteiger partial charge in [-0.25, -0.2) is 10.4 Å². The van der Waals surface area contributed by atoms with Gasteiger partial charge in [-0.1, -0.05) is 18.6 Å². The maximum atomic E-state index is 11.1. The van der Waals surface area contributed by atoms with E-state index in [1.54, 1.807) is 0 Å². The highest BCUT2D eigenvalue weighted by Crippen LogP contribution is 2.18. The summed E-state index contributed by atoms with van der Waals surface area (Å²) < 4.78 is 0. The molecule has 1 aliphatic rings. The second-order valence-corrected chi connectivity index (χ2v) is 5.21. The van der Waals surface area contributed by atoms with Crippen molar-refractivity contribution in [2.45, 2.75) is 39.2 Å². The first-order valence-corrected chi connectivity index (χ1v) is 7.04. The monoisotopic (exact) mass is 261 g/mol. The first kappa shape index (κ1) is 14.0. The van der Waals surface area contributed by atoms with Crippen molar-refractivity contribution >= 4 is 11.6 Å². The van der Waals surface area contributed by atoms with Gasteiger partial charge >= 0.3 is 0 Å². The van der Waals surface area contributed by atoms with Crippen LogP contribution in [-0.4, -0.2) is 24.0 Å². The molecule has 0 aromatic heterocycles. The van der Waals surface area contributed by atoms with Gasteiger partial charge in [0.1, 0.15) is 0 Å². The summed E-state index contributed by atoms with van der Waals surface area (Å²) in [5.41, 5.74) is 5.59. The molecule has 1 unspecified atom stereocenters. The molecule has 1 saturated heterocycles. The molecule has 1 heterocycles. The fourth-order valence-electron chi connectivity index (χ4n) is 2.46. The first-order chi connectivity index (χ1) is 9.15. The van der Waals surface area contributed by atoms with Crippen LogP contribution in [0, 0.1) is 0 Å². The number of hydrogen-bond donors (Lipinski definition) is 2. The zero-order chi connectivity index (χ0) is 13.7. The molecule has 19 heavy (non-hydrogen) atoms. The number of nitrogens with zero attached hydrogens (tertiary/aromatic N) is 1. The molecule has 1 aromatic carbocycles. The number of hydrazine groups is 1. The Hall–Kier alpha value is -1.39. The highest BCUT2D eigenvalue weighted by Gasteiger charge is 2.13. The van der Waals surface area contributed by atoms with Gasteiger partial charge in [-0.3, -0.25) is 4.79 Å². The van der Waals surface area contributed by atoms with Crippen LogP contribution < -0.4 is 10.7 Å². The Morgan fingerprint density at radius 1 is 1.26 bits per heavy atom. The molecule has 0 bridgehead atoms. The van der Waals surface area contributed by atoms with E-state index < -0.39 is 0 Å². The molecule has 4 nitrogen and oxygen atoms in total. The van der Waals surface area contributed by atoms with Crippen LogP contribution >= 0.6 is 0 Å². The SMILES string of the molecule is CC(=O)Nc1cccc(C(C)NN2CCCCC2)c1. The third-order valence-electron chi connectivity index (χ3n) is 3.44. The van der Waals surface area contributed by atoms with Crippen LogP contribution in [-0.2, 0) is 4.79 Å². The second-order valence-electron chi connectivity index (χ2n) is 5.21. The lowest BCUT2D eigenvalue weighted by molar-refractivity contribution is -0.114. The summed E-state index contributed by atoms with van der Waals surface area (Å²) in [5, 5.41) is 5.13. The van der Waals surface area contributed by atoms with Crippen LogP contribution in [0.2, 0.25) is 0 Å². The van der Waals surface area contributed by atoms with E-state index in [1.807, 2.05) is 18.2 Å². The summed E-state index contributed by atoms with van der Waals surface area (Å²) >= 11 is 0. The third kappa shape index (κ3) is 4.33. The largest absolute Gasteiger partial charge is 0.326 e. The van der Waals surface area contributed by atoms with E-state index in [4.69, 9.17) is 0 Å². The average molecular weight is 261 g/mol. The maximum absolute atomic E-state index is 11.1. The van der Waals surface area contributed by atoms with Gasteiger partial charge in [0.2, 0.25) is 5.91 Å². The quantitative estimate of drug-likeness (QED) is 0.876. The number of hydrogen-bond acceptors (Lipinski definition) is 3. The van der Waals surface area contributed by atoms with Crippen molar-refractivity contribution in [2.75, 3.05) is 18.4 Å². The number of anilines is 1.